The fourth-order valence-electron chi connectivity index (χ4n) is 5.36. The van der Waals surface area contributed by atoms with Gasteiger partial charge in [0.15, 0.2) is 53.7 Å². The summed E-state index contributed by atoms with van der Waals surface area (Å²) in [5, 5.41) is 21.2. The van der Waals surface area contributed by atoms with Gasteiger partial charge in [-0.3, -0.25) is 28.0 Å². The van der Waals surface area contributed by atoms with Crippen molar-refractivity contribution in [2.45, 2.75) is 63.0 Å². The van der Waals surface area contributed by atoms with Gasteiger partial charge in [-0.05, 0) is 6.42 Å². The molecule has 0 aromatic carbocycles. The molecular weight excluding hydrogens is 598 g/mol. The first-order valence-electron chi connectivity index (χ1n) is 13.1. The van der Waals surface area contributed by atoms with Gasteiger partial charge in [0.2, 0.25) is 5.95 Å². The summed E-state index contributed by atoms with van der Waals surface area (Å²) >= 11 is 0. The number of ether oxygens (including phenoxy) is 2. The Hall–Kier alpha value is -3.62. The number of aliphatic hydroxyl groups excluding tert-OH is 2. The molecule has 9 atom stereocenters. The molecule has 0 radical (unpaired) electrons. The standard InChI is InChI=1S/C22H28FN10O9P/c1-2-3-8-9(40-19(13(8)34)32-6-28-11-15(24)26-5-27-16(11)32)4-39-43(37,38)42-14-10(23)21(36)41-20(14)33-7-29-12-17(33)30-22(25)31-18(12)35/h5-10,13-14,19-21,34,36H,2-4H2,1H3,(H,37,38)(H2,24,26,27)(H3,25,30,31,35). The number of aromatic nitrogens is 8. The molecule has 43 heavy (non-hydrogen) atoms. The minimum absolute atomic E-state index is 0.139. The molecule has 0 spiro atoms. The Morgan fingerprint density at radius 2 is 1.81 bits per heavy atom. The van der Waals surface area contributed by atoms with E-state index in [1.165, 1.54) is 17.2 Å². The Morgan fingerprint density at radius 1 is 1.09 bits per heavy atom. The lowest BCUT2D eigenvalue weighted by Crippen LogP contribution is -2.31. The number of imidazole rings is 2. The van der Waals surface area contributed by atoms with Crippen LogP contribution in [0.2, 0.25) is 0 Å². The molecule has 21 heteroatoms. The largest absolute Gasteiger partial charge is 0.472 e. The van der Waals surface area contributed by atoms with Crippen LogP contribution in [0.4, 0.5) is 16.2 Å². The number of hydrogen-bond acceptors (Lipinski definition) is 15. The number of aromatic amines is 1. The minimum atomic E-state index is -5.06. The van der Waals surface area contributed by atoms with Crippen LogP contribution in [0.5, 0.6) is 0 Å². The summed E-state index contributed by atoms with van der Waals surface area (Å²) in [5.41, 5.74) is 11.1. The summed E-state index contributed by atoms with van der Waals surface area (Å²) in [6.45, 7) is 1.36. The van der Waals surface area contributed by atoms with Gasteiger partial charge >= 0.3 is 7.82 Å². The lowest BCUT2D eigenvalue weighted by molar-refractivity contribution is -0.131. The van der Waals surface area contributed by atoms with Gasteiger partial charge in [0, 0.05) is 5.92 Å². The summed E-state index contributed by atoms with van der Waals surface area (Å²) in [6.07, 6.45) is -6.03. The predicted molar refractivity (Wildman–Crippen MR) is 142 cm³/mol. The monoisotopic (exact) mass is 626 g/mol. The van der Waals surface area contributed by atoms with E-state index >= 15 is 4.39 Å². The minimum Gasteiger partial charge on any atom is -0.388 e. The zero-order valence-electron chi connectivity index (χ0n) is 22.4. The molecule has 4 aromatic rings. The maximum Gasteiger partial charge on any atom is 0.472 e. The number of rotatable bonds is 9. The Morgan fingerprint density at radius 3 is 2.56 bits per heavy atom. The average molecular weight is 626 g/mol. The number of aliphatic hydroxyl groups is 2. The molecule has 0 aliphatic carbocycles. The molecule has 4 aromatic heterocycles. The Labute approximate surface area is 240 Å². The number of H-pyrrole nitrogens is 1. The van der Waals surface area contributed by atoms with Crippen LogP contribution in [-0.2, 0) is 23.1 Å². The number of fused-ring (bicyclic) bond motifs is 2. The number of nitrogen functional groups attached to an aromatic ring is 2. The topological polar surface area (TPSA) is 274 Å². The van der Waals surface area contributed by atoms with Gasteiger partial charge in [0.05, 0.1) is 25.4 Å². The second-order valence-electron chi connectivity index (χ2n) is 10.1. The van der Waals surface area contributed by atoms with E-state index in [9.17, 15) is 24.5 Å². The van der Waals surface area contributed by atoms with Crippen molar-refractivity contribution in [3.8, 4) is 0 Å². The fraction of sp³-hybridized carbons (Fsp3) is 0.545. The Bertz CT molecular complexity index is 1750. The number of halogens is 1. The van der Waals surface area contributed by atoms with Crippen molar-refractivity contribution in [3.05, 3.63) is 29.3 Å². The lowest BCUT2D eigenvalue weighted by Gasteiger charge is -2.24. The normalized spacial score (nSPS) is 30.8. The van der Waals surface area contributed by atoms with Crippen molar-refractivity contribution < 1.29 is 42.6 Å². The zero-order valence-corrected chi connectivity index (χ0v) is 23.3. The van der Waals surface area contributed by atoms with Crippen LogP contribution >= 0.6 is 7.82 Å². The van der Waals surface area contributed by atoms with Gasteiger partial charge in [0.1, 0.15) is 17.9 Å². The van der Waals surface area contributed by atoms with E-state index in [4.69, 9.17) is 30.0 Å². The SMILES string of the molecule is CCCC1C(COP(=O)(O)OC2C(F)C(O)OC2n2cnc3c(=O)[nH]c(N)nc32)OC(n2cnc3c(N)ncnc32)C1O. The van der Waals surface area contributed by atoms with Gasteiger partial charge in [-0.1, -0.05) is 13.3 Å². The van der Waals surface area contributed by atoms with Crippen LogP contribution in [0.3, 0.4) is 0 Å². The van der Waals surface area contributed by atoms with Crippen LogP contribution in [0, 0.1) is 5.92 Å². The van der Waals surface area contributed by atoms with Crippen LogP contribution in [0.25, 0.3) is 22.3 Å². The summed E-state index contributed by atoms with van der Waals surface area (Å²) in [4.78, 5) is 45.1. The maximum absolute atomic E-state index is 15.0. The van der Waals surface area contributed by atoms with E-state index in [0.717, 1.165) is 10.9 Å². The third kappa shape index (κ3) is 5.25. The first kappa shape index (κ1) is 29.5. The summed E-state index contributed by atoms with van der Waals surface area (Å²) in [7, 11) is -5.06. The van der Waals surface area contributed by atoms with Gasteiger partial charge in [-0.15, -0.1) is 0 Å². The highest BCUT2D eigenvalue weighted by Crippen LogP contribution is 2.51. The van der Waals surface area contributed by atoms with Gasteiger partial charge in [-0.2, -0.15) is 4.98 Å². The second-order valence-corrected chi connectivity index (χ2v) is 11.5. The van der Waals surface area contributed by atoms with E-state index in [1.807, 2.05) is 6.92 Å². The van der Waals surface area contributed by atoms with Crippen LogP contribution in [0.1, 0.15) is 32.2 Å². The molecule has 6 rings (SSSR count). The van der Waals surface area contributed by atoms with E-state index in [0.29, 0.717) is 24.0 Å². The summed E-state index contributed by atoms with van der Waals surface area (Å²) < 4.78 is 52.2. The predicted octanol–water partition coefficient (Wildman–Crippen LogP) is -0.514. The van der Waals surface area contributed by atoms with Crippen molar-refractivity contribution >= 4 is 41.9 Å². The number of nitrogens with zero attached hydrogens (tertiary/aromatic N) is 7. The molecule has 2 aliphatic heterocycles. The number of nitrogens with one attached hydrogen (secondary N) is 1. The lowest BCUT2D eigenvalue weighted by atomic mass is 9.93. The van der Waals surface area contributed by atoms with Crippen LogP contribution < -0.4 is 17.0 Å². The molecule has 6 heterocycles. The highest BCUT2D eigenvalue weighted by Gasteiger charge is 2.51. The third-order valence-corrected chi connectivity index (χ3v) is 8.32. The number of alkyl halides is 1. The average Bonchev–Trinajstić information content (AvgIpc) is 3.70. The van der Waals surface area contributed by atoms with Gasteiger partial charge < -0.3 is 36.0 Å². The highest BCUT2D eigenvalue weighted by atomic mass is 31.2. The van der Waals surface area contributed by atoms with Crippen molar-refractivity contribution in [1.29, 1.82) is 0 Å². The Balaban J connectivity index is 1.20. The molecule has 9 unspecified atom stereocenters. The number of phosphoric ester groups is 1. The molecule has 2 aliphatic rings. The molecule has 19 nitrogen and oxygen atoms in total. The molecular formula is C22H28FN10O9P. The summed E-state index contributed by atoms with van der Waals surface area (Å²) in [5.74, 6) is -0.682. The van der Waals surface area contributed by atoms with E-state index in [1.54, 1.807) is 0 Å². The van der Waals surface area contributed by atoms with Gasteiger partial charge in [-0.25, -0.2) is 28.9 Å². The van der Waals surface area contributed by atoms with Crippen molar-refractivity contribution in [2.75, 3.05) is 18.1 Å². The molecule has 2 saturated heterocycles. The van der Waals surface area contributed by atoms with E-state index < -0.39 is 69.1 Å². The molecule has 0 bridgehead atoms. The van der Waals surface area contributed by atoms with E-state index in [-0.39, 0.29) is 22.9 Å². The zero-order chi connectivity index (χ0) is 30.6. The van der Waals surface area contributed by atoms with Crippen molar-refractivity contribution in [2.24, 2.45) is 5.92 Å². The highest BCUT2D eigenvalue weighted by molar-refractivity contribution is 7.47. The third-order valence-electron chi connectivity index (χ3n) is 7.33. The number of hydrogen-bond donors (Lipinski definition) is 6. The van der Waals surface area contributed by atoms with Crippen LogP contribution in [0.15, 0.2) is 23.8 Å². The number of nitrogens with two attached hydrogens (primary N) is 2. The van der Waals surface area contributed by atoms with Crippen molar-refractivity contribution in [1.82, 2.24) is 39.0 Å². The number of phosphoric acid groups is 1. The fourth-order valence-corrected chi connectivity index (χ4v) is 6.29. The Kier molecular flexibility index (Phi) is 7.63. The number of anilines is 2. The second kappa shape index (κ2) is 11.1. The first-order chi connectivity index (χ1) is 20.5. The molecule has 232 valence electrons. The quantitative estimate of drug-likeness (QED) is 0.128. The van der Waals surface area contributed by atoms with Crippen molar-refractivity contribution in [3.63, 3.8) is 0 Å². The molecule has 2 fully saturated rings. The summed E-state index contributed by atoms with van der Waals surface area (Å²) in [6, 6.07) is 0. The smallest absolute Gasteiger partial charge is 0.388 e. The van der Waals surface area contributed by atoms with Crippen LogP contribution in [-0.4, -0.2) is 91.5 Å². The molecule has 0 saturated carbocycles. The van der Waals surface area contributed by atoms with Gasteiger partial charge in [0.25, 0.3) is 5.56 Å². The molecule has 8 N–H and O–H groups in total. The molecule has 0 amide bonds. The first-order valence-corrected chi connectivity index (χ1v) is 14.6. The maximum atomic E-state index is 15.0. The van der Waals surface area contributed by atoms with E-state index in [2.05, 4.69) is 29.9 Å².